The lowest BCUT2D eigenvalue weighted by Crippen LogP contribution is -2.28. The summed E-state index contributed by atoms with van der Waals surface area (Å²) in [5, 5.41) is 2.80. The Balaban J connectivity index is 1.46. The highest BCUT2D eigenvalue weighted by Gasteiger charge is 2.10. The lowest BCUT2D eigenvalue weighted by molar-refractivity contribution is 0.0938. The molecule has 2 aromatic carbocycles. The summed E-state index contributed by atoms with van der Waals surface area (Å²) in [4.78, 5) is 19.4. The molecule has 0 spiro atoms. The van der Waals surface area contributed by atoms with Gasteiger partial charge >= 0.3 is 0 Å². The highest BCUT2D eigenvalue weighted by molar-refractivity contribution is 5.94. The van der Waals surface area contributed by atoms with Gasteiger partial charge in [0, 0.05) is 0 Å². The Morgan fingerprint density at radius 3 is 2.71 bits per heavy atom. The van der Waals surface area contributed by atoms with Crippen LogP contribution in [-0.2, 0) is 6.42 Å². The third kappa shape index (κ3) is 3.93. The van der Waals surface area contributed by atoms with Crippen LogP contribution in [0, 0.1) is 0 Å². The molecule has 3 aromatic rings. The Bertz CT molecular complexity index is 776. The molecule has 1 amide bonds. The van der Waals surface area contributed by atoms with Crippen molar-refractivity contribution in [3.63, 3.8) is 0 Å². The second-order valence-electron chi connectivity index (χ2n) is 5.60. The van der Waals surface area contributed by atoms with Gasteiger partial charge in [0.15, 0.2) is 5.82 Å². The van der Waals surface area contributed by atoms with Crippen molar-refractivity contribution in [1.29, 1.82) is 0 Å². The number of nitrogens with zero attached hydrogens (tertiary/aromatic N) is 1. The zero-order chi connectivity index (χ0) is 16.8. The monoisotopic (exact) mass is 323 g/mol. The summed E-state index contributed by atoms with van der Waals surface area (Å²) in [6.07, 6.45) is 2.21. The number of hydrogen-bond acceptors (Lipinski definition) is 3. The van der Waals surface area contributed by atoms with Gasteiger partial charge in [0.05, 0.1) is 17.6 Å². The van der Waals surface area contributed by atoms with Gasteiger partial charge in [-0.25, -0.2) is 4.98 Å². The van der Waals surface area contributed by atoms with Gasteiger partial charge in [-0.1, -0.05) is 37.6 Å². The van der Waals surface area contributed by atoms with Crippen molar-refractivity contribution >= 4 is 16.9 Å². The van der Waals surface area contributed by atoms with Gasteiger partial charge in [-0.2, -0.15) is 0 Å². The molecule has 1 heterocycles. The van der Waals surface area contributed by atoms with Crippen molar-refractivity contribution < 1.29 is 9.53 Å². The average Bonchev–Trinajstić information content (AvgIpc) is 3.04. The van der Waals surface area contributed by atoms with Crippen molar-refractivity contribution in [3.8, 4) is 5.75 Å². The topological polar surface area (TPSA) is 67.0 Å². The summed E-state index contributed by atoms with van der Waals surface area (Å²) in [6.45, 7) is 3.00. The fourth-order valence-corrected chi connectivity index (χ4v) is 2.52. The van der Waals surface area contributed by atoms with Crippen molar-refractivity contribution in [3.05, 3.63) is 59.9 Å². The molecule has 0 aliphatic carbocycles. The normalized spacial score (nSPS) is 10.7. The molecular formula is C19H21N3O2. The minimum atomic E-state index is -0.229. The number of rotatable bonds is 7. The molecule has 5 nitrogen and oxygen atoms in total. The number of carbonyl (C=O) groups is 1. The van der Waals surface area contributed by atoms with Crippen molar-refractivity contribution in [2.24, 2.45) is 0 Å². The third-order valence-corrected chi connectivity index (χ3v) is 3.72. The summed E-state index contributed by atoms with van der Waals surface area (Å²) in [5.41, 5.74) is 2.94. The van der Waals surface area contributed by atoms with Gasteiger partial charge in [0.25, 0.3) is 5.91 Å². The number of para-hydroxylation sites is 2. The maximum absolute atomic E-state index is 12.1. The number of H-pyrrole nitrogens is 1. The van der Waals surface area contributed by atoms with Crippen LogP contribution in [0.15, 0.2) is 48.5 Å². The van der Waals surface area contributed by atoms with Crippen LogP contribution in [0.3, 0.4) is 0 Å². The Labute approximate surface area is 141 Å². The van der Waals surface area contributed by atoms with E-state index in [9.17, 15) is 4.79 Å². The number of amides is 1. The first-order valence-electron chi connectivity index (χ1n) is 8.21. The minimum Gasteiger partial charge on any atom is -0.492 e. The summed E-state index contributed by atoms with van der Waals surface area (Å²) in [5.74, 6) is 0.904. The summed E-state index contributed by atoms with van der Waals surface area (Å²) < 4.78 is 5.64. The van der Waals surface area contributed by atoms with Crippen LogP contribution >= 0.6 is 0 Å². The van der Waals surface area contributed by atoms with E-state index in [2.05, 4.69) is 34.3 Å². The average molecular weight is 323 g/mol. The SMILES string of the molecule is CCCc1ccc(OCCNC(=O)c2nc3ccccc3[nH]2)cc1. The van der Waals surface area contributed by atoms with Crippen LogP contribution < -0.4 is 10.1 Å². The number of nitrogens with one attached hydrogen (secondary N) is 2. The zero-order valence-electron chi connectivity index (χ0n) is 13.7. The van der Waals surface area contributed by atoms with Gasteiger partial charge < -0.3 is 15.0 Å². The number of fused-ring (bicyclic) bond motifs is 1. The Morgan fingerprint density at radius 1 is 1.17 bits per heavy atom. The van der Waals surface area contributed by atoms with Crippen molar-refractivity contribution in [1.82, 2.24) is 15.3 Å². The van der Waals surface area contributed by atoms with Crippen LogP contribution in [0.5, 0.6) is 5.75 Å². The van der Waals surface area contributed by atoms with E-state index in [1.807, 2.05) is 36.4 Å². The van der Waals surface area contributed by atoms with Crippen molar-refractivity contribution in [2.45, 2.75) is 19.8 Å². The van der Waals surface area contributed by atoms with Gasteiger partial charge in [0.2, 0.25) is 0 Å². The molecule has 0 saturated heterocycles. The molecule has 0 saturated carbocycles. The maximum atomic E-state index is 12.1. The first-order valence-corrected chi connectivity index (χ1v) is 8.21. The molecule has 0 fully saturated rings. The molecule has 0 bridgehead atoms. The van der Waals surface area contributed by atoms with Gasteiger partial charge in [-0.05, 0) is 36.2 Å². The van der Waals surface area contributed by atoms with Crippen LogP contribution in [0.4, 0.5) is 0 Å². The number of imidazole rings is 1. The highest BCUT2D eigenvalue weighted by Crippen LogP contribution is 2.13. The van der Waals surface area contributed by atoms with Crippen LogP contribution in [-0.4, -0.2) is 29.0 Å². The van der Waals surface area contributed by atoms with Crippen molar-refractivity contribution in [2.75, 3.05) is 13.2 Å². The highest BCUT2D eigenvalue weighted by atomic mass is 16.5. The summed E-state index contributed by atoms with van der Waals surface area (Å²) in [7, 11) is 0. The van der Waals surface area contributed by atoms with E-state index >= 15 is 0 Å². The van der Waals surface area contributed by atoms with E-state index < -0.39 is 0 Å². The second kappa shape index (κ2) is 7.64. The van der Waals surface area contributed by atoms with E-state index in [0.717, 1.165) is 29.6 Å². The number of ether oxygens (including phenoxy) is 1. The lowest BCUT2D eigenvalue weighted by atomic mass is 10.1. The van der Waals surface area contributed by atoms with E-state index in [4.69, 9.17) is 4.74 Å². The predicted molar refractivity (Wildman–Crippen MR) is 94.4 cm³/mol. The Hall–Kier alpha value is -2.82. The zero-order valence-corrected chi connectivity index (χ0v) is 13.7. The van der Waals surface area contributed by atoms with Crippen LogP contribution in [0.25, 0.3) is 11.0 Å². The van der Waals surface area contributed by atoms with E-state index in [1.165, 1.54) is 5.56 Å². The molecule has 124 valence electrons. The molecule has 0 radical (unpaired) electrons. The molecule has 0 aliphatic rings. The first-order chi connectivity index (χ1) is 11.8. The smallest absolute Gasteiger partial charge is 0.287 e. The van der Waals surface area contributed by atoms with E-state index in [-0.39, 0.29) is 5.91 Å². The molecule has 24 heavy (non-hydrogen) atoms. The number of hydrogen-bond donors (Lipinski definition) is 2. The minimum absolute atomic E-state index is 0.229. The largest absolute Gasteiger partial charge is 0.492 e. The molecule has 0 atom stereocenters. The fraction of sp³-hybridized carbons (Fsp3) is 0.263. The number of benzene rings is 2. The number of aryl methyl sites for hydroxylation is 1. The van der Waals surface area contributed by atoms with E-state index in [1.54, 1.807) is 0 Å². The lowest BCUT2D eigenvalue weighted by Gasteiger charge is -2.07. The maximum Gasteiger partial charge on any atom is 0.287 e. The summed E-state index contributed by atoms with van der Waals surface area (Å²) >= 11 is 0. The first kappa shape index (κ1) is 16.1. The Morgan fingerprint density at radius 2 is 1.96 bits per heavy atom. The van der Waals surface area contributed by atoms with Gasteiger partial charge in [0.1, 0.15) is 12.4 Å². The molecule has 1 aromatic heterocycles. The standard InChI is InChI=1S/C19H21N3O2/c1-2-5-14-8-10-15(11-9-14)24-13-12-20-19(23)18-21-16-6-3-4-7-17(16)22-18/h3-4,6-11H,2,5,12-13H2,1H3,(H,20,23)(H,21,22). The summed E-state index contributed by atoms with van der Waals surface area (Å²) in [6, 6.07) is 15.6. The van der Waals surface area contributed by atoms with Crippen LogP contribution in [0.2, 0.25) is 0 Å². The molecule has 0 unspecified atom stereocenters. The number of aromatic amines is 1. The second-order valence-corrected chi connectivity index (χ2v) is 5.60. The van der Waals surface area contributed by atoms with Gasteiger partial charge in [-0.3, -0.25) is 4.79 Å². The number of aromatic nitrogens is 2. The fourth-order valence-electron chi connectivity index (χ4n) is 2.52. The third-order valence-electron chi connectivity index (χ3n) is 3.72. The molecule has 3 rings (SSSR count). The van der Waals surface area contributed by atoms with E-state index in [0.29, 0.717) is 19.0 Å². The molecule has 0 aliphatic heterocycles. The van der Waals surface area contributed by atoms with Crippen LogP contribution in [0.1, 0.15) is 29.5 Å². The molecule has 5 heteroatoms. The number of carbonyl (C=O) groups excluding carboxylic acids is 1. The van der Waals surface area contributed by atoms with Gasteiger partial charge in [-0.15, -0.1) is 0 Å². The molecule has 2 N–H and O–H groups in total. The molecular weight excluding hydrogens is 302 g/mol. The Kier molecular flexibility index (Phi) is 5.11. The predicted octanol–water partition coefficient (Wildman–Crippen LogP) is 3.32. The quantitative estimate of drug-likeness (QED) is 0.655.